The Morgan fingerprint density at radius 2 is 2.10 bits per heavy atom. The summed E-state index contributed by atoms with van der Waals surface area (Å²) in [6, 6.07) is 13.8. The van der Waals surface area contributed by atoms with Crippen LogP contribution in [0.1, 0.15) is 5.69 Å². The van der Waals surface area contributed by atoms with E-state index in [-0.39, 0.29) is 0 Å². The highest BCUT2D eigenvalue weighted by Gasteiger charge is 2.16. The van der Waals surface area contributed by atoms with Crippen molar-refractivity contribution < 1.29 is 4.74 Å². The van der Waals surface area contributed by atoms with Gasteiger partial charge in [0.15, 0.2) is 5.82 Å². The summed E-state index contributed by atoms with van der Waals surface area (Å²) in [6.07, 6.45) is 1.98. The van der Waals surface area contributed by atoms with Crippen molar-refractivity contribution >= 4 is 28.8 Å². The molecule has 0 N–H and O–H groups in total. The van der Waals surface area contributed by atoms with Crippen LogP contribution in [-0.4, -0.2) is 23.5 Å². The zero-order valence-corrected chi connectivity index (χ0v) is 12.7. The maximum Gasteiger partial charge on any atom is 0.156 e. The lowest BCUT2D eigenvalue weighted by Gasteiger charge is -2.18. The Bertz CT molecular complexity index is 769. The zero-order chi connectivity index (χ0) is 14.8. The van der Waals surface area contributed by atoms with Crippen molar-refractivity contribution in [2.75, 3.05) is 19.1 Å². The maximum atomic E-state index is 6.13. The Labute approximate surface area is 128 Å². The van der Waals surface area contributed by atoms with Crippen LogP contribution in [0.5, 0.6) is 5.75 Å². The number of benzene rings is 1. The first-order valence-electron chi connectivity index (χ1n) is 6.64. The van der Waals surface area contributed by atoms with Gasteiger partial charge < -0.3 is 14.0 Å². The molecule has 0 saturated heterocycles. The number of nitrogens with zero attached hydrogens (tertiary/aromatic N) is 3. The van der Waals surface area contributed by atoms with Gasteiger partial charge in [0.05, 0.1) is 18.7 Å². The average Bonchev–Trinajstić information content (AvgIpc) is 2.92. The summed E-state index contributed by atoms with van der Waals surface area (Å²) in [5.41, 5.74) is 2.86. The summed E-state index contributed by atoms with van der Waals surface area (Å²) in [7, 11) is 3.64. The van der Waals surface area contributed by atoms with E-state index in [2.05, 4.69) is 4.98 Å². The van der Waals surface area contributed by atoms with Crippen molar-refractivity contribution in [2.24, 2.45) is 0 Å². The fraction of sp³-hybridized carbons (Fsp3) is 0.188. The summed E-state index contributed by atoms with van der Waals surface area (Å²) in [5, 5.41) is 0. The van der Waals surface area contributed by atoms with E-state index in [1.54, 1.807) is 7.11 Å². The third kappa shape index (κ3) is 2.43. The van der Waals surface area contributed by atoms with Crippen molar-refractivity contribution in [3.05, 3.63) is 54.4 Å². The zero-order valence-electron chi connectivity index (χ0n) is 12.0. The summed E-state index contributed by atoms with van der Waals surface area (Å²) in [4.78, 5) is 6.70. The molecule has 0 aliphatic rings. The van der Waals surface area contributed by atoms with Gasteiger partial charge in [-0.05, 0) is 24.3 Å². The van der Waals surface area contributed by atoms with Gasteiger partial charge in [0.2, 0.25) is 0 Å². The van der Waals surface area contributed by atoms with E-state index in [1.807, 2.05) is 65.0 Å². The predicted octanol–water partition coefficient (Wildman–Crippen LogP) is 3.85. The van der Waals surface area contributed by atoms with Gasteiger partial charge in [-0.15, -0.1) is 11.6 Å². The molecule has 1 aromatic carbocycles. The SMILES string of the molecule is COc1cccc(N(C)c2nc3ccccn3c2CCl)c1. The number of fused-ring (bicyclic) bond motifs is 1. The number of alkyl halides is 1. The number of ether oxygens (including phenoxy) is 1. The van der Waals surface area contributed by atoms with Crippen LogP contribution in [0.15, 0.2) is 48.7 Å². The van der Waals surface area contributed by atoms with Gasteiger partial charge in [0.25, 0.3) is 0 Å². The monoisotopic (exact) mass is 301 g/mol. The minimum absolute atomic E-state index is 0.398. The van der Waals surface area contributed by atoms with E-state index in [0.29, 0.717) is 5.88 Å². The number of imidazole rings is 1. The molecule has 0 atom stereocenters. The van der Waals surface area contributed by atoms with Crippen molar-refractivity contribution in [3.8, 4) is 5.75 Å². The van der Waals surface area contributed by atoms with Crippen molar-refractivity contribution in [1.29, 1.82) is 0 Å². The molecule has 0 amide bonds. The molecule has 21 heavy (non-hydrogen) atoms. The van der Waals surface area contributed by atoms with Crippen LogP contribution in [0.4, 0.5) is 11.5 Å². The second-order valence-electron chi connectivity index (χ2n) is 4.71. The summed E-state index contributed by atoms with van der Waals surface area (Å²) in [5.74, 6) is 2.06. The van der Waals surface area contributed by atoms with Crippen LogP contribution < -0.4 is 9.64 Å². The van der Waals surface area contributed by atoms with E-state index in [4.69, 9.17) is 16.3 Å². The lowest BCUT2D eigenvalue weighted by atomic mass is 10.2. The van der Waals surface area contributed by atoms with Gasteiger partial charge in [-0.3, -0.25) is 0 Å². The number of pyridine rings is 1. The molecule has 2 aromatic heterocycles. The average molecular weight is 302 g/mol. The molecule has 0 unspecified atom stereocenters. The molecule has 3 rings (SSSR count). The molecule has 0 saturated carbocycles. The van der Waals surface area contributed by atoms with Gasteiger partial charge >= 0.3 is 0 Å². The highest BCUT2D eigenvalue weighted by molar-refractivity contribution is 6.17. The highest BCUT2D eigenvalue weighted by Crippen LogP contribution is 2.30. The first kappa shape index (κ1) is 13.8. The van der Waals surface area contributed by atoms with E-state index in [1.165, 1.54) is 0 Å². The molecule has 0 spiro atoms. The topological polar surface area (TPSA) is 29.8 Å². The van der Waals surface area contributed by atoms with E-state index in [0.717, 1.165) is 28.6 Å². The summed E-state index contributed by atoms with van der Waals surface area (Å²) in [6.45, 7) is 0. The second kappa shape index (κ2) is 5.66. The van der Waals surface area contributed by atoms with Crippen LogP contribution in [-0.2, 0) is 5.88 Å². The first-order chi connectivity index (χ1) is 10.2. The number of anilines is 2. The fourth-order valence-corrected chi connectivity index (χ4v) is 2.62. The van der Waals surface area contributed by atoms with Crippen LogP contribution >= 0.6 is 11.6 Å². The van der Waals surface area contributed by atoms with Crippen LogP contribution in [0.25, 0.3) is 5.65 Å². The number of hydrogen-bond acceptors (Lipinski definition) is 3. The Morgan fingerprint density at radius 1 is 1.24 bits per heavy atom. The summed E-state index contributed by atoms with van der Waals surface area (Å²) >= 11 is 6.13. The first-order valence-corrected chi connectivity index (χ1v) is 7.17. The fourth-order valence-electron chi connectivity index (χ4n) is 2.37. The van der Waals surface area contributed by atoms with Gasteiger partial charge in [0.1, 0.15) is 11.4 Å². The quantitative estimate of drug-likeness (QED) is 0.686. The molecular formula is C16H16ClN3O. The summed E-state index contributed by atoms with van der Waals surface area (Å²) < 4.78 is 7.29. The smallest absolute Gasteiger partial charge is 0.156 e. The minimum atomic E-state index is 0.398. The molecule has 0 fully saturated rings. The molecule has 0 radical (unpaired) electrons. The lowest BCUT2D eigenvalue weighted by Crippen LogP contribution is -2.12. The molecule has 2 heterocycles. The highest BCUT2D eigenvalue weighted by atomic mass is 35.5. The van der Waals surface area contributed by atoms with Crippen molar-refractivity contribution in [1.82, 2.24) is 9.38 Å². The molecule has 4 nitrogen and oxygen atoms in total. The van der Waals surface area contributed by atoms with Crippen LogP contribution in [0.3, 0.4) is 0 Å². The largest absolute Gasteiger partial charge is 0.497 e. The van der Waals surface area contributed by atoms with Gasteiger partial charge in [0, 0.05) is 25.0 Å². The minimum Gasteiger partial charge on any atom is -0.497 e. The molecule has 108 valence electrons. The standard InChI is InChI=1S/C16H16ClN3O/c1-19(12-6-5-7-13(10-12)21-2)16-14(11-17)20-9-4-3-8-15(20)18-16/h3-10H,11H2,1-2H3. The maximum absolute atomic E-state index is 6.13. The Kier molecular flexibility index (Phi) is 3.71. The second-order valence-corrected chi connectivity index (χ2v) is 4.97. The van der Waals surface area contributed by atoms with Crippen LogP contribution in [0.2, 0.25) is 0 Å². The molecule has 0 aliphatic carbocycles. The third-order valence-electron chi connectivity index (χ3n) is 3.49. The Hall–Kier alpha value is -2.20. The van der Waals surface area contributed by atoms with E-state index < -0.39 is 0 Å². The number of halogens is 1. The number of aromatic nitrogens is 2. The van der Waals surface area contributed by atoms with Crippen LogP contribution in [0, 0.1) is 0 Å². The Balaban J connectivity index is 2.10. The number of hydrogen-bond donors (Lipinski definition) is 0. The number of methoxy groups -OCH3 is 1. The predicted molar refractivity (Wildman–Crippen MR) is 85.8 cm³/mol. The van der Waals surface area contributed by atoms with Gasteiger partial charge in [-0.2, -0.15) is 0 Å². The van der Waals surface area contributed by atoms with Crippen molar-refractivity contribution in [2.45, 2.75) is 5.88 Å². The van der Waals surface area contributed by atoms with E-state index in [9.17, 15) is 0 Å². The van der Waals surface area contributed by atoms with Crippen molar-refractivity contribution in [3.63, 3.8) is 0 Å². The molecule has 3 aromatic rings. The van der Waals surface area contributed by atoms with Gasteiger partial charge in [-0.1, -0.05) is 12.1 Å². The normalized spacial score (nSPS) is 10.8. The number of rotatable bonds is 4. The Morgan fingerprint density at radius 3 is 2.86 bits per heavy atom. The van der Waals surface area contributed by atoms with Gasteiger partial charge in [-0.25, -0.2) is 4.98 Å². The lowest BCUT2D eigenvalue weighted by molar-refractivity contribution is 0.415. The molecular weight excluding hydrogens is 286 g/mol. The molecule has 0 aliphatic heterocycles. The van der Waals surface area contributed by atoms with E-state index >= 15 is 0 Å². The third-order valence-corrected chi connectivity index (χ3v) is 3.75. The molecule has 5 heteroatoms. The molecule has 0 bridgehead atoms.